The van der Waals surface area contributed by atoms with Crippen LogP contribution < -0.4 is 5.32 Å². The van der Waals surface area contributed by atoms with Gasteiger partial charge in [-0.3, -0.25) is 4.79 Å². The Labute approximate surface area is 133 Å². The number of rotatable bonds is 6. The predicted molar refractivity (Wildman–Crippen MR) is 86.9 cm³/mol. The van der Waals surface area contributed by atoms with Crippen molar-refractivity contribution in [1.29, 1.82) is 0 Å². The summed E-state index contributed by atoms with van der Waals surface area (Å²) in [5, 5.41) is 3.21. The zero-order chi connectivity index (χ0) is 15.2. The van der Waals surface area contributed by atoms with Gasteiger partial charge in [0, 0.05) is 37.1 Å². The summed E-state index contributed by atoms with van der Waals surface area (Å²) in [6.07, 6.45) is 0.492. The zero-order valence-electron chi connectivity index (χ0n) is 12.2. The second-order valence-corrected chi connectivity index (χ2v) is 5.91. The fourth-order valence-electron chi connectivity index (χ4n) is 1.90. The van der Waals surface area contributed by atoms with Gasteiger partial charge in [-0.2, -0.15) is 0 Å². The molecule has 1 amide bonds. The van der Waals surface area contributed by atoms with Crippen LogP contribution in [0.15, 0.2) is 45.3 Å². The summed E-state index contributed by atoms with van der Waals surface area (Å²) in [4.78, 5) is 13.0. The van der Waals surface area contributed by atoms with Crippen LogP contribution in [0.2, 0.25) is 0 Å². The number of halogens is 1. The summed E-state index contributed by atoms with van der Waals surface area (Å²) in [6.45, 7) is 1.26. The number of nitrogens with zero attached hydrogens (tertiary/aromatic N) is 1. The van der Waals surface area contributed by atoms with Crippen molar-refractivity contribution >= 4 is 21.8 Å². The fourth-order valence-corrected chi connectivity index (χ4v) is 2.30. The molecule has 21 heavy (non-hydrogen) atoms. The molecular weight excluding hydrogens is 332 g/mol. The highest BCUT2D eigenvalue weighted by atomic mass is 79.9. The van der Waals surface area contributed by atoms with Gasteiger partial charge < -0.3 is 14.6 Å². The van der Waals surface area contributed by atoms with Gasteiger partial charge in [0.05, 0.1) is 6.54 Å². The number of carbonyl (C=O) groups is 1. The van der Waals surface area contributed by atoms with Crippen molar-refractivity contribution in [3.05, 3.63) is 46.6 Å². The molecule has 5 heteroatoms. The molecule has 0 aliphatic rings. The van der Waals surface area contributed by atoms with Gasteiger partial charge in [-0.25, -0.2) is 0 Å². The highest BCUT2D eigenvalue weighted by Gasteiger charge is 2.06. The fraction of sp³-hybridized carbons (Fsp3) is 0.312. The van der Waals surface area contributed by atoms with Crippen molar-refractivity contribution < 1.29 is 9.21 Å². The molecule has 0 radical (unpaired) electrons. The van der Waals surface area contributed by atoms with E-state index in [1.807, 2.05) is 36.4 Å². The van der Waals surface area contributed by atoms with Crippen LogP contribution in [0, 0.1) is 0 Å². The SMILES string of the molecule is CN(C)C(=O)CCNCc1ccc(-c2cccc(Br)c2)o1. The number of hydrogen-bond acceptors (Lipinski definition) is 3. The number of hydrogen-bond donors (Lipinski definition) is 1. The maximum absolute atomic E-state index is 11.4. The topological polar surface area (TPSA) is 45.5 Å². The average molecular weight is 351 g/mol. The van der Waals surface area contributed by atoms with Gasteiger partial charge in [0.15, 0.2) is 0 Å². The quantitative estimate of drug-likeness (QED) is 0.813. The van der Waals surface area contributed by atoms with Gasteiger partial charge in [-0.15, -0.1) is 0 Å². The first-order valence-corrected chi connectivity index (χ1v) is 7.61. The van der Waals surface area contributed by atoms with E-state index in [0.717, 1.165) is 21.6 Å². The lowest BCUT2D eigenvalue weighted by Gasteiger charge is -2.09. The molecule has 0 saturated carbocycles. The number of benzene rings is 1. The van der Waals surface area contributed by atoms with Crippen LogP contribution in [-0.2, 0) is 11.3 Å². The van der Waals surface area contributed by atoms with Crippen molar-refractivity contribution in [3.63, 3.8) is 0 Å². The van der Waals surface area contributed by atoms with Crippen LogP contribution in [-0.4, -0.2) is 31.4 Å². The molecule has 112 valence electrons. The third kappa shape index (κ3) is 4.72. The molecule has 0 spiro atoms. The van der Waals surface area contributed by atoms with Crippen LogP contribution in [0.1, 0.15) is 12.2 Å². The minimum absolute atomic E-state index is 0.122. The molecule has 2 aromatic rings. The van der Waals surface area contributed by atoms with Gasteiger partial charge in [0.25, 0.3) is 0 Å². The maximum Gasteiger partial charge on any atom is 0.223 e. The molecule has 0 aliphatic carbocycles. The Bertz CT molecular complexity index is 608. The van der Waals surface area contributed by atoms with Crippen molar-refractivity contribution in [2.75, 3.05) is 20.6 Å². The lowest BCUT2D eigenvalue weighted by Crippen LogP contribution is -2.26. The van der Waals surface area contributed by atoms with Crippen LogP contribution in [0.4, 0.5) is 0 Å². The van der Waals surface area contributed by atoms with E-state index in [1.165, 1.54) is 0 Å². The highest BCUT2D eigenvalue weighted by molar-refractivity contribution is 9.10. The molecule has 1 aromatic carbocycles. The lowest BCUT2D eigenvalue weighted by molar-refractivity contribution is -0.128. The van der Waals surface area contributed by atoms with Gasteiger partial charge >= 0.3 is 0 Å². The Morgan fingerprint density at radius 3 is 2.81 bits per heavy atom. The average Bonchev–Trinajstić information content (AvgIpc) is 2.92. The summed E-state index contributed by atoms with van der Waals surface area (Å²) in [5.74, 6) is 1.83. The first-order valence-electron chi connectivity index (χ1n) is 6.82. The van der Waals surface area contributed by atoms with Crippen molar-refractivity contribution in [2.24, 2.45) is 0 Å². The molecule has 1 heterocycles. The summed E-state index contributed by atoms with van der Waals surface area (Å²) < 4.78 is 6.83. The second kappa shape index (κ2) is 7.43. The summed E-state index contributed by atoms with van der Waals surface area (Å²) in [5.41, 5.74) is 1.04. The van der Waals surface area contributed by atoms with E-state index < -0.39 is 0 Å². The summed E-state index contributed by atoms with van der Waals surface area (Å²) >= 11 is 3.45. The minimum Gasteiger partial charge on any atom is -0.460 e. The molecule has 4 nitrogen and oxygen atoms in total. The van der Waals surface area contributed by atoms with E-state index in [-0.39, 0.29) is 5.91 Å². The molecule has 0 aliphatic heterocycles. The Morgan fingerprint density at radius 2 is 2.10 bits per heavy atom. The number of nitrogens with one attached hydrogen (secondary N) is 1. The highest BCUT2D eigenvalue weighted by Crippen LogP contribution is 2.24. The Balaban J connectivity index is 1.85. The van der Waals surface area contributed by atoms with Crippen LogP contribution in [0.3, 0.4) is 0 Å². The van der Waals surface area contributed by atoms with Gasteiger partial charge in [0.2, 0.25) is 5.91 Å². The number of amides is 1. The first kappa shape index (κ1) is 15.8. The standard InChI is InChI=1S/C16H19BrN2O2/c1-19(2)16(20)8-9-18-11-14-6-7-15(21-14)12-4-3-5-13(17)10-12/h3-7,10,18H,8-9,11H2,1-2H3. The van der Waals surface area contributed by atoms with Crippen LogP contribution >= 0.6 is 15.9 Å². The first-order chi connectivity index (χ1) is 10.1. The molecule has 0 unspecified atom stereocenters. The molecule has 1 N–H and O–H groups in total. The lowest BCUT2D eigenvalue weighted by atomic mass is 10.2. The zero-order valence-corrected chi connectivity index (χ0v) is 13.8. The molecule has 0 bridgehead atoms. The van der Waals surface area contributed by atoms with Crippen molar-refractivity contribution in [1.82, 2.24) is 10.2 Å². The predicted octanol–water partition coefficient (Wildman–Crippen LogP) is 3.28. The second-order valence-electron chi connectivity index (χ2n) is 4.99. The smallest absolute Gasteiger partial charge is 0.223 e. The van der Waals surface area contributed by atoms with E-state index in [9.17, 15) is 4.79 Å². The minimum atomic E-state index is 0.122. The Morgan fingerprint density at radius 1 is 1.29 bits per heavy atom. The van der Waals surface area contributed by atoms with Crippen LogP contribution in [0.25, 0.3) is 11.3 Å². The third-order valence-electron chi connectivity index (χ3n) is 3.08. The van der Waals surface area contributed by atoms with Crippen molar-refractivity contribution in [2.45, 2.75) is 13.0 Å². The summed E-state index contributed by atoms with van der Waals surface area (Å²) in [6, 6.07) is 11.9. The molecule has 1 aromatic heterocycles. The largest absolute Gasteiger partial charge is 0.460 e. The molecule has 2 rings (SSSR count). The monoisotopic (exact) mass is 350 g/mol. The van der Waals surface area contributed by atoms with Gasteiger partial charge in [-0.05, 0) is 24.3 Å². The number of furan rings is 1. The number of carbonyl (C=O) groups excluding carboxylic acids is 1. The molecule has 0 saturated heterocycles. The van der Waals surface area contributed by atoms with E-state index in [2.05, 4.69) is 21.2 Å². The van der Waals surface area contributed by atoms with Crippen molar-refractivity contribution in [3.8, 4) is 11.3 Å². The van der Waals surface area contributed by atoms with Gasteiger partial charge in [-0.1, -0.05) is 28.1 Å². The third-order valence-corrected chi connectivity index (χ3v) is 3.58. The summed E-state index contributed by atoms with van der Waals surface area (Å²) in [7, 11) is 3.53. The van der Waals surface area contributed by atoms with E-state index in [1.54, 1.807) is 19.0 Å². The van der Waals surface area contributed by atoms with E-state index >= 15 is 0 Å². The molecule has 0 atom stereocenters. The Hall–Kier alpha value is -1.59. The van der Waals surface area contributed by atoms with E-state index in [4.69, 9.17) is 4.42 Å². The Kier molecular flexibility index (Phi) is 5.59. The maximum atomic E-state index is 11.4. The van der Waals surface area contributed by atoms with E-state index in [0.29, 0.717) is 19.5 Å². The molecular formula is C16H19BrN2O2. The molecule has 0 fully saturated rings. The van der Waals surface area contributed by atoms with Crippen LogP contribution in [0.5, 0.6) is 0 Å². The normalized spacial score (nSPS) is 10.6. The van der Waals surface area contributed by atoms with Gasteiger partial charge in [0.1, 0.15) is 11.5 Å².